The normalized spacial score (nSPS) is 11.0. The van der Waals surface area contributed by atoms with Crippen LogP contribution in [0.1, 0.15) is 0 Å². The van der Waals surface area contributed by atoms with E-state index in [0.717, 1.165) is 11.8 Å². The molecule has 124 valence electrons. The van der Waals surface area contributed by atoms with E-state index in [4.69, 9.17) is 0 Å². The fourth-order valence-corrected chi connectivity index (χ4v) is 2.83. The third-order valence-electron chi connectivity index (χ3n) is 3.21. The Bertz CT molecular complexity index is 915. The first-order chi connectivity index (χ1) is 12.2. The quantitative estimate of drug-likeness (QED) is 0.552. The van der Waals surface area contributed by atoms with E-state index in [1.165, 1.54) is 33.6 Å². The van der Waals surface area contributed by atoms with Gasteiger partial charge in [-0.15, -0.1) is 10.2 Å². The van der Waals surface area contributed by atoms with Gasteiger partial charge < -0.3 is 0 Å². The van der Waals surface area contributed by atoms with Crippen molar-refractivity contribution in [2.75, 3.05) is 0 Å². The molecule has 0 bridgehead atoms. The predicted octanol–water partition coefficient (Wildman–Crippen LogP) is 2.07. The Morgan fingerprint density at radius 2 is 1.04 bits per heavy atom. The lowest BCUT2D eigenvalue weighted by Gasteiger charge is -2.05. The van der Waals surface area contributed by atoms with Crippen LogP contribution in [0.5, 0.6) is 0 Å². The molecular weight excluding hydrogens is 350 g/mol. The van der Waals surface area contributed by atoms with Crippen molar-refractivity contribution in [2.45, 2.75) is 10.3 Å². The Balaban J connectivity index is 1.67. The van der Waals surface area contributed by atoms with Crippen LogP contribution in [0.2, 0.25) is 0 Å². The first kappa shape index (κ1) is 15.3. The second kappa shape index (κ2) is 6.36. The molecule has 0 fully saturated rings. The predicted molar refractivity (Wildman–Crippen MR) is 82.3 cm³/mol. The number of hydrogen-bond donors (Lipinski definition) is 0. The average Bonchev–Trinajstić information content (AvgIpc) is 3.26. The maximum atomic E-state index is 13.1. The number of hydrogen-bond acceptors (Lipinski definition) is 7. The van der Waals surface area contributed by atoms with Crippen LogP contribution in [-0.2, 0) is 0 Å². The molecule has 11 heteroatoms. The third-order valence-corrected chi connectivity index (χ3v) is 4.08. The zero-order valence-corrected chi connectivity index (χ0v) is 13.2. The van der Waals surface area contributed by atoms with Crippen LogP contribution >= 0.6 is 11.8 Å². The third kappa shape index (κ3) is 3.08. The number of nitrogens with zero attached hydrogens (tertiary/aromatic N) is 8. The molecule has 0 unspecified atom stereocenters. The molecule has 0 aliphatic rings. The molecule has 0 N–H and O–H groups in total. The summed E-state index contributed by atoms with van der Waals surface area (Å²) in [6.45, 7) is 0. The van der Waals surface area contributed by atoms with Crippen molar-refractivity contribution >= 4 is 11.8 Å². The molecule has 0 aliphatic heterocycles. The minimum atomic E-state index is -0.355. The van der Waals surface area contributed by atoms with Gasteiger partial charge in [0.05, 0.1) is 11.4 Å². The zero-order valence-electron chi connectivity index (χ0n) is 12.4. The number of tetrazole rings is 2. The molecule has 4 rings (SSSR count). The van der Waals surface area contributed by atoms with Gasteiger partial charge in [0.15, 0.2) is 0 Å². The molecule has 2 aromatic carbocycles. The largest absolute Gasteiger partial charge is 0.221 e. The Morgan fingerprint density at radius 1 is 0.640 bits per heavy atom. The zero-order chi connectivity index (χ0) is 17.2. The summed E-state index contributed by atoms with van der Waals surface area (Å²) in [5.41, 5.74) is 1.18. The van der Waals surface area contributed by atoms with Gasteiger partial charge in [-0.05, 0) is 81.1 Å². The molecule has 0 saturated heterocycles. The molecular formula is C14H8F2N8S. The topological polar surface area (TPSA) is 87.2 Å². The first-order valence-electron chi connectivity index (χ1n) is 6.97. The summed E-state index contributed by atoms with van der Waals surface area (Å²) in [4.78, 5) is 0. The van der Waals surface area contributed by atoms with E-state index in [1.54, 1.807) is 24.3 Å². The van der Waals surface area contributed by atoms with Gasteiger partial charge in [0.2, 0.25) is 10.3 Å². The lowest BCUT2D eigenvalue weighted by atomic mass is 10.3. The minimum absolute atomic E-state index is 0.355. The summed E-state index contributed by atoms with van der Waals surface area (Å²) in [6.07, 6.45) is 0. The van der Waals surface area contributed by atoms with Gasteiger partial charge in [0.25, 0.3) is 0 Å². The van der Waals surface area contributed by atoms with Crippen LogP contribution in [0.15, 0.2) is 58.8 Å². The molecule has 8 nitrogen and oxygen atoms in total. The van der Waals surface area contributed by atoms with E-state index in [-0.39, 0.29) is 11.6 Å². The molecule has 0 spiro atoms. The molecule has 0 saturated carbocycles. The summed E-state index contributed by atoms with van der Waals surface area (Å²) < 4.78 is 29.0. The monoisotopic (exact) mass is 358 g/mol. The van der Waals surface area contributed by atoms with Gasteiger partial charge in [0.1, 0.15) is 11.6 Å². The Morgan fingerprint density at radius 3 is 1.44 bits per heavy atom. The second-order valence-corrected chi connectivity index (χ2v) is 5.74. The van der Waals surface area contributed by atoms with E-state index in [0.29, 0.717) is 21.7 Å². The Hall–Kier alpha value is -3.21. The second-order valence-electron chi connectivity index (χ2n) is 4.80. The maximum absolute atomic E-state index is 13.1. The van der Waals surface area contributed by atoms with E-state index in [1.807, 2.05) is 0 Å². The van der Waals surface area contributed by atoms with Gasteiger partial charge >= 0.3 is 0 Å². The average molecular weight is 358 g/mol. The molecule has 2 aromatic heterocycles. The maximum Gasteiger partial charge on any atom is 0.221 e. The number of halogens is 2. The highest BCUT2D eigenvalue weighted by Gasteiger charge is 2.16. The van der Waals surface area contributed by atoms with E-state index in [9.17, 15) is 8.78 Å². The van der Waals surface area contributed by atoms with Gasteiger partial charge in [-0.2, -0.15) is 9.36 Å². The van der Waals surface area contributed by atoms with Gasteiger partial charge in [-0.3, -0.25) is 0 Å². The van der Waals surface area contributed by atoms with Crippen LogP contribution in [0, 0.1) is 11.6 Å². The fraction of sp³-hybridized carbons (Fsp3) is 0. The highest BCUT2D eigenvalue weighted by Crippen LogP contribution is 2.26. The summed E-state index contributed by atoms with van der Waals surface area (Å²) in [5, 5.41) is 23.7. The first-order valence-corrected chi connectivity index (χ1v) is 7.79. The number of benzene rings is 2. The van der Waals surface area contributed by atoms with Crippen LogP contribution in [0.4, 0.5) is 8.78 Å². The van der Waals surface area contributed by atoms with E-state index >= 15 is 0 Å². The van der Waals surface area contributed by atoms with Crippen LogP contribution in [0.3, 0.4) is 0 Å². The lowest BCUT2D eigenvalue weighted by Crippen LogP contribution is -2.02. The van der Waals surface area contributed by atoms with Crippen molar-refractivity contribution in [1.29, 1.82) is 0 Å². The van der Waals surface area contributed by atoms with Crippen molar-refractivity contribution < 1.29 is 8.78 Å². The van der Waals surface area contributed by atoms with Crippen LogP contribution in [0.25, 0.3) is 11.4 Å². The van der Waals surface area contributed by atoms with E-state index in [2.05, 4.69) is 31.1 Å². The highest BCUT2D eigenvalue weighted by atomic mass is 32.2. The number of aromatic nitrogens is 8. The van der Waals surface area contributed by atoms with Crippen molar-refractivity contribution in [1.82, 2.24) is 40.4 Å². The molecule has 0 radical (unpaired) electrons. The smallest absolute Gasteiger partial charge is 0.207 e. The summed E-state index contributed by atoms with van der Waals surface area (Å²) in [7, 11) is 0. The van der Waals surface area contributed by atoms with Gasteiger partial charge in [-0.1, -0.05) is 0 Å². The summed E-state index contributed by atoms with van der Waals surface area (Å²) in [5.74, 6) is -0.711. The van der Waals surface area contributed by atoms with Crippen molar-refractivity contribution in [3.63, 3.8) is 0 Å². The molecule has 2 heterocycles. The van der Waals surface area contributed by atoms with Crippen LogP contribution in [-0.4, -0.2) is 40.4 Å². The van der Waals surface area contributed by atoms with Crippen molar-refractivity contribution in [2.24, 2.45) is 0 Å². The molecule has 0 aliphatic carbocycles. The molecule has 0 atom stereocenters. The molecule has 25 heavy (non-hydrogen) atoms. The van der Waals surface area contributed by atoms with Gasteiger partial charge in [-0.25, -0.2) is 8.78 Å². The van der Waals surface area contributed by atoms with Crippen molar-refractivity contribution in [3.05, 3.63) is 60.2 Å². The summed E-state index contributed by atoms with van der Waals surface area (Å²) in [6, 6.07) is 11.5. The minimum Gasteiger partial charge on any atom is -0.207 e. The van der Waals surface area contributed by atoms with E-state index < -0.39 is 0 Å². The Labute approximate surface area is 143 Å². The standard InChI is InChI=1S/C14H8F2N8S/c15-9-1-5-11(6-2-9)23-13(17-19-21-23)25-14-18-20-22-24(14)12-7-3-10(16)4-8-12/h1-8H. The SMILES string of the molecule is Fc1ccc(-n2nnnc2Sc2nnnn2-c2ccc(F)cc2)cc1. The van der Waals surface area contributed by atoms with Crippen LogP contribution < -0.4 is 0 Å². The summed E-state index contributed by atoms with van der Waals surface area (Å²) >= 11 is 1.12. The fourth-order valence-electron chi connectivity index (χ4n) is 2.06. The van der Waals surface area contributed by atoms with Crippen molar-refractivity contribution in [3.8, 4) is 11.4 Å². The lowest BCUT2D eigenvalue weighted by molar-refractivity contribution is 0.626. The highest BCUT2D eigenvalue weighted by molar-refractivity contribution is 7.99. The molecule has 0 amide bonds. The Kier molecular flexibility index (Phi) is 3.90. The van der Waals surface area contributed by atoms with Gasteiger partial charge in [0, 0.05) is 0 Å². The molecule has 4 aromatic rings. The number of rotatable bonds is 4.